The van der Waals surface area contributed by atoms with Crippen LogP contribution in [0, 0.1) is 5.41 Å². The average molecular weight is 251 g/mol. The molecule has 4 N–H and O–H groups in total. The van der Waals surface area contributed by atoms with Crippen LogP contribution in [0.15, 0.2) is 18.2 Å². The van der Waals surface area contributed by atoms with Crippen molar-refractivity contribution in [2.75, 3.05) is 26.8 Å². The summed E-state index contributed by atoms with van der Waals surface area (Å²) < 4.78 is 5.23. The minimum atomic E-state index is 0.00102. The van der Waals surface area contributed by atoms with Crippen molar-refractivity contribution >= 4 is 5.84 Å². The highest BCUT2D eigenvalue weighted by molar-refractivity contribution is 5.97. The normalized spacial score (nSPS) is 10.7. The Morgan fingerprint density at radius 2 is 2.22 bits per heavy atom. The number of methoxy groups -OCH3 is 1. The Kier molecular flexibility index (Phi) is 5.61. The van der Waals surface area contributed by atoms with Gasteiger partial charge in [0.05, 0.1) is 19.3 Å². The molecule has 0 radical (unpaired) electrons. The second-order valence-corrected chi connectivity index (χ2v) is 4.04. The first-order valence-corrected chi connectivity index (χ1v) is 5.96. The van der Waals surface area contributed by atoms with Gasteiger partial charge in [-0.25, -0.2) is 0 Å². The molecule has 0 saturated heterocycles. The number of benzene rings is 1. The number of hydrogen-bond donors (Lipinski definition) is 3. The Balaban J connectivity index is 2.88. The first-order chi connectivity index (χ1) is 8.62. The fourth-order valence-electron chi connectivity index (χ4n) is 1.81. The number of aliphatic hydroxyl groups is 1. The van der Waals surface area contributed by atoms with E-state index in [9.17, 15) is 0 Å². The molecule has 0 aliphatic rings. The highest BCUT2D eigenvalue weighted by Crippen LogP contribution is 2.20. The van der Waals surface area contributed by atoms with E-state index in [1.807, 2.05) is 12.1 Å². The molecule has 1 aromatic carbocycles. The number of amidine groups is 1. The van der Waals surface area contributed by atoms with Gasteiger partial charge in [0.25, 0.3) is 0 Å². The third-order valence-corrected chi connectivity index (χ3v) is 2.83. The van der Waals surface area contributed by atoms with Crippen molar-refractivity contribution in [2.45, 2.75) is 13.5 Å². The Morgan fingerprint density at radius 1 is 1.50 bits per heavy atom. The van der Waals surface area contributed by atoms with Gasteiger partial charge in [-0.05, 0) is 24.2 Å². The van der Waals surface area contributed by atoms with Gasteiger partial charge in [-0.3, -0.25) is 10.3 Å². The minimum absolute atomic E-state index is 0.00102. The van der Waals surface area contributed by atoms with Crippen molar-refractivity contribution in [3.05, 3.63) is 29.3 Å². The van der Waals surface area contributed by atoms with Crippen molar-refractivity contribution < 1.29 is 9.84 Å². The molecule has 0 spiro atoms. The van der Waals surface area contributed by atoms with Gasteiger partial charge in [-0.2, -0.15) is 0 Å². The molecule has 0 saturated carbocycles. The molecule has 5 heteroatoms. The zero-order valence-electron chi connectivity index (χ0n) is 10.9. The number of nitrogens with one attached hydrogen (secondary N) is 1. The standard InChI is InChI=1S/C13H21N3O2/c1-3-16(6-7-17)9-10-4-5-11(13(14)15)12(8-10)18-2/h4-5,8,17H,3,6-7,9H2,1-2H3,(H3,14,15). The van der Waals surface area contributed by atoms with Gasteiger partial charge in [0.2, 0.25) is 0 Å². The first-order valence-electron chi connectivity index (χ1n) is 5.96. The summed E-state index contributed by atoms with van der Waals surface area (Å²) in [6.07, 6.45) is 0. The topological polar surface area (TPSA) is 82.6 Å². The lowest BCUT2D eigenvalue weighted by Gasteiger charge is -2.19. The van der Waals surface area contributed by atoms with E-state index in [4.69, 9.17) is 21.0 Å². The predicted molar refractivity (Wildman–Crippen MR) is 72.0 cm³/mol. The van der Waals surface area contributed by atoms with Crippen LogP contribution < -0.4 is 10.5 Å². The number of nitrogens with two attached hydrogens (primary N) is 1. The van der Waals surface area contributed by atoms with E-state index in [-0.39, 0.29) is 12.4 Å². The first kappa shape index (κ1) is 14.5. The predicted octanol–water partition coefficient (Wildman–Crippen LogP) is 0.793. The fourth-order valence-corrected chi connectivity index (χ4v) is 1.81. The maximum Gasteiger partial charge on any atom is 0.130 e. The second-order valence-electron chi connectivity index (χ2n) is 4.04. The summed E-state index contributed by atoms with van der Waals surface area (Å²) in [6.45, 7) is 4.46. The second kappa shape index (κ2) is 6.98. The van der Waals surface area contributed by atoms with Crippen molar-refractivity contribution in [1.29, 1.82) is 5.41 Å². The van der Waals surface area contributed by atoms with Crippen LogP contribution in [0.5, 0.6) is 5.75 Å². The average Bonchev–Trinajstić information content (AvgIpc) is 2.37. The van der Waals surface area contributed by atoms with E-state index < -0.39 is 0 Å². The lowest BCUT2D eigenvalue weighted by molar-refractivity contribution is 0.196. The molecule has 0 fully saturated rings. The van der Waals surface area contributed by atoms with Crippen LogP contribution in [-0.2, 0) is 6.54 Å². The Hall–Kier alpha value is -1.59. The lowest BCUT2D eigenvalue weighted by Crippen LogP contribution is -2.26. The number of ether oxygens (including phenoxy) is 1. The van der Waals surface area contributed by atoms with E-state index in [2.05, 4.69) is 11.8 Å². The maximum atomic E-state index is 8.95. The summed E-state index contributed by atoms with van der Waals surface area (Å²) in [6, 6.07) is 5.61. The van der Waals surface area contributed by atoms with Gasteiger partial charge < -0.3 is 15.6 Å². The van der Waals surface area contributed by atoms with E-state index in [1.165, 1.54) is 0 Å². The van der Waals surface area contributed by atoms with Crippen LogP contribution in [0.1, 0.15) is 18.1 Å². The monoisotopic (exact) mass is 251 g/mol. The van der Waals surface area contributed by atoms with Crippen LogP contribution in [0.25, 0.3) is 0 Å². The molecule has 1 rings (SSSR count). The van der Waals surface area contributed by atoms with Gasteiger partial charge in [-0.15, -0.1) is 0 Å². The van der Waals surface area contributed by atoms with Gasteiger partial charge in [0, 0.05) is 13.1 Å². The molecule has 0 heterocycles. The van der Waals surface area contributed by atoms with Gasteiger partial charge in [0.15, 0.2) is 0 Å². The molecular formula is C13H21N3O2. The van der Waals surface area contributed by atoms with E-state index >= 15 is 0 Å². The fraction of sp³-hybridized carbons (Fsp3) is 0.462. The van der Waals surface area contributed by atoms with Crippen molar-refractivity contribution in [3.63, 3.8) is 0 Å². The summed E-state index contributed by atoms with van der Waals surface area (Å²) in [7, 11) is 1.57. The molecule has 0 bridgehead atoms. The maximum absolute atomic E-state index is 8.95. The van der Waals surface area contributed by atoms with Crippen LogP contribution >= 0.6 is 0 Å². The van der Waals surface area contributed by atoms with E-state index in [0.29, 0.717) is 17.9 Å². The Labute approximate surface area is 108 Å². The lowest BCUT2D eigenvalue weighted by atomic mass is 10.1. The summed E-state index contributed by atoms with van der Waals surface area (Å²) in [5.41, 5.74) is 7.15. The molecular weight excluding hydrogens is 230 g/mol. The smallest absolute Gasteiger partial charge is 0.130 e. The number of rotatable bonds is 7. The third-order valence-electron chi connectivity index (χ3n) is 2.83. The molecule has 1 aromatic rings. The van der Waals surface area contributed by atoms with Gasteiger partial charge in [0.1, 0.15) is 11.6 Å². The number of likely N-dealkylation sites (N-methyl/N-ethyl adjacent to an activating group) is 1. The third kappa shape index (κ3) is 3.72. The van der Waals surface area contributed by atoms with Crippen LogP contribution in [-0.4, -0.2) is 42.6 Å². The molecule has 18 heavy (non-hydrogen) atoms. The van der Waals surface area contributed by atoms with Gasteiger partial charge >= 0.3 is 0 Å². The van der Waals surface area contributed by atoms with Crippen molar-refractivity contribution in [2.24, 2.45) is 5.73 Å². The molecule has 5 nitrogen and oxygen atoms in total. The Morgan fingerprint density at radius 3 is 2.72 bits per heavy atom. The van der Waals surface area contributed by atoms with Crippen LogP contribution in [0.3, 0.4) is 0 Å². The zero-order chi connectivity index (χ0) is 13.5. The number of nitrogens with zero attached hydrogens (tertiary/aromatic N) is 1. The summed E-state index contributed by atoms with van der Waals surface area (Å²) in [4.78, 5) is 2.13. The Bertz CT molecular complexity index is 407. The van der Waals surface area contributed by atoms with Crippen molar-refractivity contribution in [1.82, 2.24) is 4.90 Å². The summed E-state index contributed by atoms with van der Waals surface area (Å²) >= 11 is 0. The highest BCUT2D eigenvalue weighted by Gasteiger charge is 2.09. The van der Waals surface area contributed by atoms with E-state index in [1.54, 1.807) is 13.2 Å². The molecule has 0 aromatic heterocycles. The van der Waals surface area contributed by atoms with Gasteiger partial charge in [-0.1, -0.05) is 13.0 Å². The molecule has 100 valence electrons. The summed E-state index contributed by atoms with van der Waals surface area (Å²) in [5.74, 6) is 0.612. The van der Waals surface area contributed by atoms with Crippen LogP contribution in [0.2, 0.25) is 0 Å². The molecule has 0 amide bonds. The number of nitrogen functional groups attached to an aromatic ring is 1. The quantitative estimate of drug-likeness (QED) is 0.494. The number of aliphatic hydroxyl groups excluding tert-OH is 1. The van der Waals surface area contributed by atoms with Crippen molar-refractivity contribution in [3.8, 4) is 5.75 Å². The molecule has 0 aliphatic carbocycles. The number of hydrogen-bond acceptors (Lipinski definition) is 4. The van der Waals surface area contributed by atoms with Crippen LogP contribution in [0.4, 0.5) is 0 Å². The SMILES string of the molecule is CCN(CCO)Cc1ccc(C(=N)N)c(OC)c1. The molecule has 0 aliphatic heterocycles. The molecule has 0 unspecified atom stereocenters. The minimum Gasteiger partial charge on any atom is -0.496 e. The largest absolute Gasteiger partial charge is 0.496 e. The van der Waals surface area contributed by atoms with E-state index in [0.717, 1.165) is 18.7 Å². The summed E-state index contributed by atoms with van der Waals surface area (Å²) in [5, 5.41) is 16.4. The zero-order valence-corrected chi connectivity index (χ0v) is 10.9. The molecule has 0 atom stereocenters. The highest BCUT2D eigenvalue weighted by atomic mass is 16.5.